The molecule has 0 aromatic heterocycles. The standard InChI is InChI=1S/C24H18O5P/c25-23(21-11-9-17-5-1-3-7-19(17)13-21)15-28-30(27)29-16-24(26)22-12-10-18-6-2-4-8-20(18)14-22/h1-14H,15-16H2/q+1. The van der Waals surface area contributed by atoms with E-state index in [1.54, 1.807) is 24.3 Å². The van der Waals surface area contributed by atoms with Crippen LogP contribution in [-0.2, 0) is 13.6 Å². The summed E-state index contributed by atoms with van der Waals surface area (Å²) in [5.74, 6) is -0.623. The van der Waals surface area contributed by atoms with E-state index in [4.69, 9.17) is 9.05 Å². The van der Waals surface area contributed by atoms with Gasteiger partial charge in [0.2, 0.25) is 0 Å². The molecule has 30 heavy (non-hydrogen) atoms. The summed E-state index contributed by atoms with van der Waals surface area (Å²) in [6.45, 7) is -0.782. The van der Waals surface area contributed by atoms with Crippen molar-refractivity contribution in [3.63, 3.8) is 0 Å². The van der Waals surface area contributed by atoms with Gasteiger partial charge in [-0.1, -0.05) is 72.8 Å². The van der Waals surface area contributed by atoms with E-state index in [9.17, 15) is 14.2 Å². The Balaban J connectivity index is 1.30. The molecule has 0 bridgehead atoms. The number of Topliss-reactive ketones (excluding diaryl/α,β-unsaturated/α-hetero) is 2. The zero-order chi connectivity index (χ0) is 20.9. The number of hydrogen-bond donors (Lipinski definition) is 0. The van der Waals surface area contributed by atoms with Crippen LogP contribution in [0.25, 0.3) is 21.5 Å². The third-order valence-corrected chi connectivity index (χ3v) is 5.42. The third-order valence-electron chi connectivity index (χ3n) is 4.74. The number of ketones is 2. The second kappa shape index (κ2) is 9.06. The topological polar surface area (TPSA) is 69.7 Å². The predicted molar refractivity (Wildman–Crippen MR) is 116 cm³/mol. The Morgan fingerprint density at radius 3 is 1.43 bits per heavy atom. The van der Waals surface area contributed by atoms with Crippen molar-refractivity contribution >= 4 is 41.4 Å². The Kier molecular flexibility index (Phi) is 6.05. The van der Waals surface area contributed by atoms with Crippen molar-refractivity contribution in [1.29, 1.82) is 0 Å². The van der Waals surface area contributed by atoms with Crippen molar-refractivity contribution in [3.8, 4) is 0 Å². The second-order valence-electron chi connectivity index (χ2n) is 6.74. The molecule has 0 fully saturated rings. The van der Waals surface area contributed by atoms with Crippen LogP contribution in [0.5, 0.6) is 0 Å². The van der Waals surface area contributed by atoms with E-state index in [-0.39, 0.29) is 11.6 Å². The maximum absolute atomic E-state index is 12.3. The minimum atomic E-state index is -2.59. The summed E-state index contributed by atoms with van der Waals surface area (Å²) in [5.41, 5.74) is 0.925. The Hall–Kier alpha value is -3.24. The molecule has 6 heteroatoms. The first-order valence-electron chi connectivity index (χ1n) is 9.37. The van der Waals surface area contributed by atoms with Crippen LogP contribution >= 0.6 is 8.25 Å². The van der Waals surface area contributed by atoms with Crippen molar-refractivity contribution in [2.24, 2.45) is 0 Å². The van der Waals surface area contributed by atoms with Gasteiger partial charge in [0, 0.05) is 15.7 Å². The molecule has 0 saturated carbocycles. The molecule has 0 spiro atoms. The Morgan fingerprint density at radius 1 is 0.600 bits per heavy atom. The summed E-state index contributed by atoms with van der Waals surface area (Å²) in [4.78, 5) is 24.6. The molecule has 0 radical (unpaired) electrons. The van der Waals surface area contributed by atoms with Crippen LogP contribution < -0.4 is 0 Å². The van der Waals surface area contributed by atoms with Gasteiger partial charge in [-0.15, -0.1) is 9.05 Å². The van der Waals surface area contributed by atoms with Gasteiger partial charge in [0.05, 0.1) is 0 Å². The van der Waals surface area contributed by atoms with Crippen molar-refractivity contribution in [2.75, 3.05) is 13.2 Å². The van der Waals surface area contributed by atoms with E-state index >= 15 is 0 Å². The fraction of sp³-hybridized carbons (Fsp3) is 0.0833. The average Bonchev–Trinajstić information content (AvgIpc) is 2.80. The summed E-state index contributed by atoms with van der Waals surface area (Å²) in [6.07, 6.45) is 0. The van der Waals surface area contributed by atoms with Gasteiger partial charge in [0.25, 0.3) is 0 Å². The first-order valence-corrected chi connectivity index (χ1v) is 10.5. The average molecular weight is 417 g/mol. The first kappa shape index (κ1) is 20.0. The Bertz CT molecular complexity index is 1170. The lowest BCUT2D eigenvalue weighted by molar-refractivity contribution is 0.0877. The molecule has 0 N–H and O–H groups in total. The van der Waals surface area contributed by atoms with E-state index in [0.717, 1.165) is 21.5 Å². The molecule has 148 valence electrons. The van der Waals surface area contributed by atoms with E-state index in [1.165, 1.54) is 0 Å². The first-order chi connectivity index (χ1) is 14.6. The summed E-state index contributed by atoms with van der Waals surface area (Å²) >= 11 is 0. The largest absolute Gasteiger partial charge is 0.698 e. The molecular weight excluding hydrogens is 399 g/mol. The van der Waals surface area contributed by atoms with Gasteiger partial charge in [-0.25, -0.2) is 0 Å². The molecule has 0 atom stereocenters. The summed E-state index contributed by atoms with van der Waals surface area (Å²) < 4.78 is 22.0. The number of fused-ring (bicyclic) bond motifs is 2. The number of rotatable bonds is 8. The van der Waals surface area contributed by atoms with Gasteiger partial charge < -0.3 is 0 Å². The molecule has 4 aromatic rings. The summed E-state index contributed by atoms with van der Waals surface area (Å²) in [6, 6.07) is 26.0. The molecule has 0 aliphatic heterocycles. The van der Waals surface area contributed by atoms with Crippen LogP contribution in [0, 0.1) is 0 Å². The number of carbonyl (C=O) groups excluding carboxylic acids is 2. The van der Waals surface area contributed by atoms with Crippen molar-refractivity contribution in [1.82, 2.24) is 0 Å². The normalized spacial score (nSPS) is 10.9. The summed E-state index contributed by atoms with van der Waals surface area (Å²) in [5, 5.41) is 3.92. The molecule has 0 aliphatic rings. The molecular formula is C24H18O5P+. The van der Waals surface area contributed by atoms with Crippen LogP contribution in [0.4, 0.5) is 0 Å². The molecule has 4 rings (SSSR count). The smallest absolute Gasteiger partial charge is 0.291 e. The lowest BCUT2D eigenvalue weighted by Gasteiger charge is -2.01. The second-order valence-corrected chi connectivity index (χ2v) is 7.70. The van der Waals surface area contributed by atoms with Crippen molar-refractivity contribution in [2.45, 2.75) is 0 Å². The quantitative estimate of drug-likeness (QED) is 0.270. The predicted octanol–water partition coefficient (Wildman–Crippen LogP) is 5.75. The van der Waals surface area contributed by atoms with E-state index in [0.29, 0.717) is 11.1 Å². The van der Waals surface area contributed by atoms with Crippen LogP contribution in [0.15, 0.2) is 84.9 Å². The maximum Gasteiger partial charge on any atom is 0.698 e. The lowest BCUT2D eigenvalue weighted by atomic mass is 10.0. The van der Waals surface area contributed by atoms with Gasteiger partial charge in [0.1, 0.15) is 0 Å². The van der Waals surface area contributed by atoms with E-state index < -0.39 is 21.5 Å². The fourth-order valence-electron chi connectivity index (χ4n) is 3.15. The zero-order valence-electron chi connectivity index (χ0n) is 16.0. The van der Waals surface area contributed by atoms with Crippen LogP contribution in [0.1, 0.15) is 20.7 Å². The van der Waals surface area contributed by atoms with E-state index in [1.807, 2.05) is 60.7 Å². The zero-order valence-corrected chi connectivity index (χ0v) is 16.9. The van der Waals surface area contributed by atoms with Gasteiger partial charge in [-0.05, 0) is 33.7 Å². The molecule has 4 aromatic carbocycles. The summed E-state index contributed by atoms with van der Waals surface area (Å²) in [7, 11) is -2.59. The van der Waals surface area contributed by atoms with Gasteiger partial charge in [0.15, 0.2) is 24.8 Å². The fourth-order valence-corrected chi connectivity index (χ4v) is 3.67. The van der Waals surface area contributed by atoms with Crippen LogP contribution in [0.3, 0.4) is 0 Å². The highest BCUT2D eigenvalue weighted by atomic mass is 31.1. The molecule has 0 aliphatic carbocycles. The Morgan fingerprint density at radius 2 is 1.00 bits per heavy atom. The van der Waals surface area contributed by atoms with Crippen molar-refractivity contribution < 1.29 is 23.2 Å². The van der Waals surface area contributed by atoms with Gasteiger partial charge in [-0.3, -0.25) is 9.59 Å². The molecule has 5 nitrogen and oxygen atoms in total. The number of carbonyl (C=O) groups is 2. The Labute approximate surface area is 174 Å². The molecule has 0 saturated heterocycles. The minimum absolute atomic E-state index is 0.312. The highest BCUT2D eigenvalue weighted by Crippen LogP contribution is 2.25. The number of hydrogen-bond acceptors (Lipinski definition) is 5. The number of benzene rings is 4. The SMILES string of the molecule is O=C(CO[P+](=O)OCC(=O)c1ccc2ccccc2c1)c1ccc2ccccc2c1. The highest BCUT2D eigenvalue weighted by molar-refractivity contribution is 7.33. The molecule has 0 amide bonds. The minimum Gasteiger partial charge on any atom is -0.291 e. The van der Waals surface area contributed by atoms with Gasteiger partial charge >= 0.3 is 8.25 Å². The van der Waals surface area contributed by atoms with Crippen LogP contribution in [-0.4, -0.2) is 24.8 Å². The van der Waals surface area contributed by atoms with Crippen LogP contribution in [0.2, 0.25) is 0 Å². The molecule has 0 unspecified atom stereocenters. The molecule has 0 heterocycles. The lowest BCUT2D eigenvalue weighted by Crippen LogP contribution is -2.09. The van der Waals surface area contributed by atoms with E-state index in [2.05, 4.69) is 0 Å². The highest BCUT2D eigenvalue weighted by Gasteiger charge is 2.25. The third kappa shape index (κ3) is 4.66. The van der Waals surface area contributed by atoms with Crippen molar-refractivity contribution in [3.05, 3.63) is 96.1 Å². The maximum atomic E-state index is 12.3. The monoisotopic (exact) mass is 417 g/mol. The van der Waals surface area contributed by atoms with Gasteiger partial charge in [-0.2, -0.15) is 0 Å².